The maximum Gasteiger partial charge on any atom is 0.319 e. The van der Waals surface area contributed by atoms with Crippen LogP contribution in [0.4, 0.5) is 4.79 Å². The monoisotopic (exact) mass is 429 g/mol. The van der Waals surface area contributed by atoms with E-state index in [0.29, 0.717) is 18.9 Å². The molecule has 160 valence electrons. The normalized spacial score (nSPS) is 21.5. The van der Waals surface area contributed by atoms with E-state index < -0.39 is 15.7 Å². The van der Waals surface area contributed by atoms with Crippen LogP contribution >= 0.6 is 0 Å². The Balaban J connectivity index is 1.63. The number of sulfonamides is 1. The quantitative estimate of drug-likeness (QED) is 0.675. The van der Waals surface area contributed by atoms with Gasteiger partial charge in [0.1, 0.15) is 5.75 Å². The maximum absolute atomic E-state index is 12.7. The van der Waals surface area contributed by atoms with Gasteiger partial charge in [-0.2, -0.15) is 4.72 Å². The Labute approximate surface area is 177 Å². The van der Waals surface area contributed by atoms with Gasteiger partial charge in [-0.1, -0.05) is 36.4 Å². The number of benzene rings is 2. The molecular weight excluding hydrogens is 402 g/mol. The number of rotatable bonds is 8. The molecule has 30 heavy (non-hydrogen) atoms. The average Bonchev–Trinajstić information content (AvgIpc) is 3.52. The minimum atomic E-state index is -3.58. The van der Waals surface area contributed by atoms with Crippen LogP contribution in [-0.4, -0.2) is 45.8 Å². The molecular formula is C22H27N3O4S. The third-order valence-electron chi connectivity index (χ3n) is 5.78. The van der Waals surface area contributed by atoms with Crippen LogP contribution in [0.15, 0.2) is 48.5 Å². The second kappa shape index (κ2) is 7.92. The summed E-state index contributed by atoms with van der Waals surface area (Å²) in [6.45, 7) is 0.537. The van der Waals surface area contributed by atoms with Gasteiger partial charge in [-0.3, -0.25) is 4.90 Å². The Morgan fingerprint density at radius 2 is 1.80 bits per heavy atom. The molecule has 2 aromatic rings. The van der Waals surface area contributed by atoms with Crippen molar-refractivity contribution >= 4 is 16.1 Å². The summed E-state index contributed by atoms with van der Waals surface area (Å²) in [4.78, 5) is 14.3. The molecule has 2 aromatic carbocycles. The molecule has 1 heterocycles. The van der Waals surface area contributed by atoms with E-state index in [0.717, 1.165) is 23.1 Å². The fourth-order valence-electron chi connectivity index (χ4n) is 4.06. The smallest absolute Gasteiger partial charge is 0.319 e. The van der Waals surface area contributed by atoms with E-state index in [1.54, 1.807) is 12.0 Å². The number of nitrogens with zero attached hydrogens (tertiary/aromatic N) is 1. The topological polar surface area (TPSA) is 87.7 Å². The molecule has 0 bridgehead atoms. The maximum atomic E-state index is 12.7. The third-order valence-corrected chi connectivity index (χ3v) is 6.48. The van der Waals surface area contributed by atoms with E-state index in [9.17, 15) is 13.2 Å². The van der Waals surface area contributed by atoms with Crippen LogP contribution in [-0.2, 0) is 22.1 Å². The van der Waals surface area contributed by atoms with Crippen LogP contribution in [0.25, 0.3) is 0 Å². The Morgan fingerprint density at radius 1 is 1.13 bits per heavy atom. The second-order valence-corrected chi connectivity index (χ2v) is 9.79. The molecule has 1 saturated heterocycles. The van der Waals surface area contributed by atoms with E-state index in [1.165, 1.54) is 18.4 Å². The number of carbonyl (C=O) groups excluding carboxylic acids is 1. The van der Waals surface area contributed by atoms with Crippen molar-refractivity contribution < 1.29 is 17.9 Å². The SMILES string of the molecule is COc1ccc(CCN2C(=O)NCC2(NS(C)(=O)=O)c2ccc(C3CC3)cc2)cc1. The van der Waals surface area contributed by atoms with Crippen molar-refractivity contribution in [3.05, 3.63) is 65.2 Å². The Bertz CT molecular complexity index is 1020. The van der Waals surface area contributed by atoms with Crippen molar-refractivity contribution in [2.45, 2.75) is 30.8 Å². The van der Waals surface area contributed by atoms with Crippen molar-refractivity contribution in [3.63, 3.8) is 0 Å². The second-order valence-electron chi connectivity index (χ2n) is 8.04. The lowest BCUT2D eigenvalue weighted by atomic mass is 9.97. The van der Waals surface area contributed by atoms with Crippen LogP contribution < -0.4 is 14.8 Å². The summed E-state index contributed by atoms with van der Waals surface area (Å²) in [6.07, 6.45) is 4.10. The molecule has 7 nitrogen and oxygen atoms in total. The lowest BCUT2D eigenvalue weighted by Gasteiger charge is -2.37. The van der Waals surface area contributed by atoms with Crippen LogP contribution in [0.5, 0.6) is 5.75 Å². The minimum Gasteiger partial charge on any atom is -0.497 e. The van der Waals surface area contributed by atoms with Gasteiger partial charge in [0.05, 0.1) is 19.9 Å². The van der Waals surface area contributed by atoms with Crippen molar-refractivity contribution in [1.82, 2.24) is 14.9 Å². The van der Waals surface area contributed by atoms with Gasteiger partial charge in [0, 0.05) is 6.54 Å². The molecule has 1 aliphatic heterocycles. The molecule has 1 unspecified atom stereocenters. The first kappa shape index (κ1) is 20.7. The van der Waals surface area contributed by atoms with Crippen molar-refractivity contribution in [1.29, 1.82) is 0 Å². The van der Waals surface area contributed by atoms with E-state index in [2.05, 4.69) is 10.0 Å². The van der Waals surface area contributed by atoms with E-state index in [4.69, 9.17) is 4.74 Å². The van der Waals surface area contributed by atoms with Gasteiger partial charge in [0.15, 0.2) is 5.66 Å². The highest BCUT2D eigenvalue weighted by Crippen LogP contribution is 2.41. The van der Waals surface area contributed by atoms with E-state index >= 15 is 0 Å². The van der Waals surface area contributed by atoms with Gasteiger partial charge in [-0.25, -0.2) is 13.2 Å². The summed E-state index contributed by atoms with van der Waals surface area (Å²) >= 11 is 0. The highest BCUT2D eigenvalue weighted by molar-refractivity contribution is 7.88. The van der Waals surface area contributed by atoms with Crippen LogP contribution in [0, 0.1) is 0 Å². The number of urea groups is 1. The number of hydrogen-bond donors (Lipinski definition) is 2. The van der Waals surface area contributed by atoms with Gasteiger partial charge in [-0.15, -0.1) is 0 Å². The standard InChI is InChI=1S/C22H27N3O4S/c1-29-20-11-3-16(4-12-20)13-14-25-21(26)23-15-22(25,24-30(2,27)28)19-9-7-18(8-10-19)17-5-6-17/h3-4,7-12,17,24H,5-6,13-15H2,1-2H3,(H,23,26). The van der Waals surface area contributed by atoms with Crippen molar-refractivity contribution in [2.75, 3.05) is 26.5 Å². The summed E-state index contributed by atoms with van der Waals surface area (Å²) in [6, 6.07) is 15.3. The molecule has 1 saturated carbocycles. The third kappa shape index (κ3) is 4.29. The zero-order valence-corrected chi connectivity index (χ0v) is 18.0. The fraction of sp³-hybridized carbons (Fsp3) is 0.409. The van der Waals surface area contributed by atoms with Gasteiger partial charge in [0.2, 0.25) is 10.0 Å². The van der Waals surface area contributed by atoms with Gasteiger partial charge >= 0.3 is 6.03 Å². The van der Waals surface area contributed by atoms with Crippen molar-refractivity contribution in [3.8, 4) is 5.75 Å². The molecule has 0 spiro atoms. The highest BCUT2D eigenvalue weighted by Gasteiger charge is 2.48. The zero-order valence-electron chi connectivity index (χ0n) is 17.2. The lowest BCUT2D eigenvalue weighted by Crippen LogP contribution is -2.57. The average molecular weight is 430 g/mol. The first-order chi connectivity index (χ1) is 14.3. The summed E-state index contributed by atoms with van der Waals surface area (Å²) in [5, 5.41) is 2.83. The highest BCUT2D eigenvalue weighted by atomic mass is 32.2. The van der Waals surface area contributed by atoms with Crippen LogP contribution in [0.1, 0.15) is 35.4 Å². The number of hydrogen-bond acceptors (Lipinski definition) is 4. The molecule has 8 heteroatoms. The molecule has 0 radical (unpaired) electrons. The van der Waals surface area contributed by atoms with Crippen molar-refractivity contribution in [2.24, 2.45) is 0 Å². The van der Waals surface area contributed by atoms with E-state index in [1.807, 2.05) is 48.5 Å². The number of carbonyl (C=O) groups is 1. The number of nitrogens with one attached hydrogen (secondary N) is 2. The van der Waals surface area contributed by atoms with Crippen LogP contribution in [0.3, 0.4) is 0 Å². The van der Waals surface area contributed by atoms with Crippen LogP contribution in [0.2, 0.25) is 0 Å². The molecule has 2 fully saturated rings. The molecule has 2 amide bonds. The molecule has 2 aliphatic rings. The minimum absolute atomic E-state index is 0.171. The summed E-state index contributed by atoms with van der Waals surface area (Å²) in [5.74, 6) is 1.37. The summed E-state index contributed by atoms with van der Waals surface area (Å²) in [5.41, 5.74) is 1.90. The summed E-state index contributed by atoms with van der Waals surface area (Å²) < 4.78 is 32.4. The van der Waals surface area contributed by atoms with Gasteiger partial charge < -0.3 is 10.1 Å². The molecule has 2 N–H and O–H groups in total. The fourth-order valence-corrected chi connectivity index (χ4v) is 4.97. The van der Waals surface area contributed by atoms with Gasteiger partial charge in [-0.05, 0) is 54.0 Å². The Morgan fingerprint density at radius 3 is 2.37 bits per heavy atom. The summed E-state index contributed by atoms with van der Waals surface area (Å²) in [7, 11) is -1.96. The molecule has 4 rings (SSSR count). The molecule has 0 aromatic heterocycles. The Hall–Kier alpha value is -2.58. The first-order valence-corrected chi connectivity index (χ1v) is 12.0. The number of methoxy groups -OCH3 is 1. The predicted molar refractivity (Wildman–Crippen MR) is 115 cm³/mol. The first-order valence-electron chi connectivity index (χ1n) is 10.1. The lowest BCUT2D eigenvalue weighted by molar-refractivity contribution is 0.147. The van der Waals surface area contributed by atoms with E-state index in [-0.39, 0.29) is 12.6 Å². The molecule has 1 aliphatic carbocycles. The predicted octanol–water partition coefficient (Wildman–Crippen LogP) is 2.54. The zero-order chi connectivity index (χ0) is 21.4. The Kier molecular flexibility index (Phi) is 5.46. The largest absolute Gasteiger partial charge is 0.497 e. The number of ether oxygens (including phenoxy) is 1. The number of amides is 2. The van der Waals surface area contributed by atoms with Gasteiger partial charge in [0.25, 0.3) is 0 Å². The molecule has 1 atom stereocenters.